The van der Waals surface area contributed by atoms with Gasteiger partial charge < -0.3 is 19.5 Å². The van der Waals surface area contributed by atoms with Crippen molar-refractivity contribution in [3.63, 3.8) is 0 Å². The van der Waals surface area contributed by atoms with Gasteiger partial charge in [-0.2, -0.15) is 0 Å². The Morgan fingerprint density at radius 3 is 2.46 bits per heavy atom. The number of benzene rings is 2. The van der Waals surface area contributed by atoms with Gasteiger partial charge in [-0.05, 0) is 24.3 Å². The number of ether oxygens (including phenoxy) is 3. The summed E-state index contributed by atoms with van der Waals surface area (Å²) in [5.41, 5.74) is 0.536. The van der Waals surface area contributed by atoms with Gasteiger partial charge >= 0.3 is 0 Å². The maximum atomic E-state index is 12.2. The molecule has 135 valence electrons. The van der Waals surface area contributed by atoms with Crippen LogP contribution in [0, 0.1) is 0 Å². The summed E-state index contributed by atoms with van der Waals surface area (Å²) in [6, 6.07) is 13.1. The average Bonchev–Trinajstić information content (AvgIpc) is 2.64. The van der Waals surface area contributed by atoms with E-state index in [1.807, 2.05) is 0 Å². The zero-order valence-corrected chi connectivity index (χ0v) is 14.4. The van der Waals surface area contributed by atoms with Crippen molar-refractivity contribution in [3.8, 4) is 17.2 Å². The van der Waals surface area contributed by atoms with Crippen molar-refractivity contribution in [1.82, 2.24) is 0 Å². The maximum absolute atomic E-state index is 12.2. The van der Waals surface area contributed by atoms with Crippen LogP contribution in [0.5, 0.6) is 17.2 Å². The number of hydrogen-bond donors (Lipinski definition) is 1. The molecule has 0 saturated carbocycles. The molecule has 7 nitrogen and oxygen atoms in total. The fraction of sp³-hybridized carbons (Fsp3) is 0.211. The summed E-state index contributed by atoms with van der Waals surface area (Å²) >= 11 is 0. The molecule has 2 aromatic rings. The molecule has 0 aromatic heterocycles. The second kappa shape index (κ2) is 9.22. The summed E-state index contributed by atoms with van der Waals surface area (Å²) in [6.45, 7) is 1.00. The number of amides is 1. The summed E-state index contributed by atoms with van der Waals surface area (Å²) in [7, 11) is 1.50. The number of Topliss-reactive ketones (excluding diaryl/α,β-unsaturated/α-hetero) is 1. The van der Waals surface area contributed by atoms with Crippen LogP contribution in [-0.2, 0) is 14.4 Å². The zero-order valence-electron chi connectivity index (χ0n) is 14.4. The van der Waals surface area contributed by atoms with E-state index in [9.17, 15) is 14.4 Å². The molecule has 0 saturated heterocycles. The molecule has 2 rings (SSSR count). The predicted octanol–water partition coefficient (Wildman–Crippen LogP) is 2.16. The van der Waals surface area contributed by atoms with Crippen LogP contribution in [0.3, 0.4) is 0 Å². The molecule has 0 heterocycles. The van der Waals surface area contributed by atoms with Crippen LogP contribution in [0.1, 0.15) is 6.92 Å². The minimum Gasteiger partial charge on any atom is -0.497 e. The maximum Gasteiger partial charge on any atom is 0.251 e. The van der Waals surface area contributed by atoms with E-state index in [2.05, 4.69) is 5.32 Å². The molecular formula is C19H18NO6. The Bertz CT molecular complexity index is 789. The topological polar surface area (TPSA) is 90.9 Å². The molecule has 1 radical (unpaired) electrons. The quantitative estimate of drug-likeness (QED) is 0.693. The van der Waals surface area contributed by atoms with E-state index in [0.717, 1.165) is 0 Å². The van der Waals surface area contributed by atoms with Gasteiger partial charge in [-0.15, -0.1) is 0 Å². The van der Waals surface area contributed by atoms with E-state index in [1.54, 1.807) is 54.8 Å². The van der Waals surface area contributed by atoms with Gasteiger partial charge in [0.15, 0.2) is 6.61 Å². The van der Waals surface area contributed by atoms with Crippen molar-refractivity contribution >= 4 is 23.7 Å². The monoisotopic (exact) mass is 356 g/mol. The zero-order chi connectivity index (χ0) is 18.9. The molecule has 26 heavy (non-hydrogen) atoms. The number of nitrogens with one attached hydrogen (secondary N) is 1. The van der Waals surface area contributed by atoms with Crippen molar-refractivity contribution in [2.24, 2.45) is 0 Å². The highest BCUT2D eigenvalue weighted by Crippen LogP contribution is 2.20. The van der Waals surface area contributed by atoms with Crippen LogP contribution < -0.4 is 19.5 Å². The highest BCUT2D eigenvalue weighted by Gasteiger charge is 2.21. The summed E-state index contributed by atoms with van der Waals surface area (Å²) < 4.78 is 15.8. The van der Waals surface area contributed by atoms with Gasteiger partial charge in [0.25, 0.3) is 6.29 Å². The summed E-state index contributed by atoms with van der Waals surface area (Å²) in [4.78, 5) is 34.3. The van der Waals surface area contributed by atoms with Crippen LogP contribution in [-0.4, -0.2) is 37.8 Å². The van der Waals surface area contributed by atoms with Gasteiger partial charge in [-0.3, -0.25) is 14.4 Å². The second-order valence-electron chi connectivity index (χ2n) is 5.26. The third-order valence-corrected chi connectivity index (χ3v) is 3.23. The molecule has 1 unspecified atom stereocenters. The molecular weight excluding hydrogens is 338 g/mol. The van der Waals surface area contributed by atoms with Crippen molar-refractivity contribution in [2.45, 2.75) is 13.0 Å². The van der Waals surface area contributed by atoms with Gasteiger partial charge in [0, 0.05) is 24.7 Å². The SMILES string of the molecule is COc1cccc(OC([C]=O)C(=O)COc2cccc(NC(C)=O)c2)c1. The Labute approximate surface area is 150 Å². The van der Waals surface area contributed by atoms with E-state index in [1.165, 1.54) is 14.0 Å². The van der Waals surface area contributed by atoms with Gasteiger partial charge in [0.1, 0.15) is 17.2 Å². The number of methoxy groups -OCH3 is 1. The number of carbonyl (C=O) groups is 2. The average molecular weight is 356 g/mol. The van der Waals surface area contributed by atoms with Gasteiger partial charge in [-0.1, -0.05) is 12.1 Å². The molecule has 1 atom stereocenters. The van der Waals surface area contributed by atoms with Crippen LogP contribution in [0.2, 0.25) is 0 Å². The predicted molar refractivity (Wildman–Crippen MR) is 94.4 cm³/mol. The molecule has 0 aliphatic heterocycles. The van der Waals surface area contributed by atoms with E-state index in [4.69, 9.17) is 14.2 Å². The van der Waals surface area contributed by atoms with Gasteiger partial charge in [0.2, 0.25) is 17.8 Å². The fourth-order valence-electron chi connectivity index (χ4n) is 2.06. The number of ketones is 1. The van der Waals surface area contributed by atoms with Crippen molar-refractivity contribution in [2.75, 3.05) is 19.0 Å². The lowest BCUT2D eigenvalue weighted by atomic mass is 10.2. The summed E-state index contributed by atoms with van der Waals surface area (Å²) in [6.07, 6.45) is 0.146. The fourth-order valence-corrected chi connectivity index (χ4v) is 2.06. The van der Waals surface area contributed by atoms with Crippen LogP contribution >= 0.6 is 0 Å². The molecule has 0 aliphatic carbocycles. The third kappa shape index (κ3) is 5.62. The Morgan fingerprint density at radius 2 is 1.77 bits per heavy atom. The molecule has 0 bridgehead atoms. The van der Waals surface area contributed by atoms with E-state index < -0.39 is 11.9 Å². The largest absolute Gasteiger partial charge is 0.497 e. The Balaban J connectivity index is 1.96. The number of carbonyl (C=O) groups excluding carboxylic acids is 3. The first-order chi connectivity index (χ1) is 12.5. The van der Waals surface area contributed by atoms with Crippen LogP contribution in [0.4, 0.5) is 5.69 Å². The standard InChI is InChI=1S/C19H18NO6/c1-13(22)20-14-5-3-7-16(9-14)25-12-18(23)19(11-21)26-17-8-4-6-15(10-17)24-2/h3-10,19H,12H2,1-2H3,(H,20,22). The lowest BCUT2D eigenvalue weighted by Gasteiger charge is -2.13. The first-order valence-corrected chi connectivity index (χ1v) is 7.73. The molecule has 0 fully saturated rings. The summed E-state index contributed by atoms with van der Waals surface area (Å²) in [5, 5.41) is 2.61. The first-order valence-electron chi connectivity index (χ1n) is 7.73. The third-order valence-electron chi connectivity index (χ3n) is 3.23. The number of rotatable bonds is 9. The van der Waals surface area contributed by atoms with Gasteiger partial charge in [0.05, 0.1) is 7.11 Å². The van der Waals surface area contributed by atoms with E-state index in [0.29, 0.717) is 22.9 Å². The molecule has 0 spiro atoms. The van der Waals surface area contributed by atoms with Gasteiger partial charge in [-0.25, -0.2) is 0 Å². The Morgan fingerprint density at radius 1 is 1.08 bits per heavy atom. The minimum atomic E-state index is -1.42. The Kier molecular flexibility index (Phi) is 6.73. The van der Waals surface area contributed by atoms with Crippen molar-refractivity contribution in [3.05, 3.63) is 48.5 Å². The highest BCUT2D eigenvalue weighted by atomic mass is 16.5. The number of anilines is 1. The van der Waals surface area contributed by atoms with Crippen LogP contribution in [0.25, 0.3) is 0 Å². The second-order valence-corrected chi connectivity index (χ2v) is 5.26. The Hall–Kier alpha value is -3.35. The smallest absolute Gasteiger partial charge is 0.251 e. The molecule has 2 aromatic carbocycles. The molecule has 0 aliphatic rings. The van der Waals surface area contributed by atoms with E-state index in [-0.39, 0.29) is 12.5 Å². The summed E-state index contributed by atoms with van der Waals surface area (Å²) in [5.74, 6) is 0.397. The molecule has 1 N–H and O–H groups in total. The van der Waals surface area contributed by atoms with Crippen LogP contribution in [0.15, 0.2) is 48.5 Å². The van der Waals surface area contributed by atoms with Crippen molar-refractivity contribution < 1.29 is 28.6 Å². The minimum absolute atomic E-state index is 0.222. The van der Waals surface area contributed by atoms with E-state index >= 15 is 0 Å². The number of hydrogen-bond acceptors (Lipinski definition) is 6. The lowest BCUT2D eigenvalue weighted by molar-refractivity contribution is -0.125. The first kappa shape index (κ1) is 19.0. The lowest BCUT2D eigenvalue weighted by Crippen LogP contribution is -2.33. The molecule has 1 amide bonds. The highest BCUT2D eigenvalue weighted by molar-refractivity contribution is 5.97. The normalized spacial score (nSPS) is 11.2. The molecule has 7 heteroatoms. The van der Waals surface area contributed by atoms with Crippen molar-refractivity contribution in [1.29, 1.82) is 0 Å².